The van der Waals surface area contributed by atoms with Crippen molar-refractivity contribution in [2.75, 3.05) is 7.05 Å². The summed E-state index contributed by atoms with van der Waals surface area (Å²) in [6.07, 6.45) is 0. The molecule has 0 aliphatic rings. The van der Waals surface area contributed by atoms with Crippen LogP contribution in [0.15, 0.2) is 21.6 Å². The molecule has 0 amide bonds. The molecule has 0 aliphatic carbocycles. The zero-order valence-corrected chi connectivity index (χ0v) is 10.8. The van der Waals surface area contributed by atoms with Crippen molar-refractivity contribution in [1.82, 2.24) is 10.0 Å². The molecule has 0 unspecified atom stereocenters. The van der Waals surface area contributed by atoms with Gasteiger partial charge >= 0.3 is 0 Å². The van der Waals surface area contributed by atoms with Crippen LogP contribution in [0, 0.1) is 0 Å². The SMILES string of the molecule is CNCc1ccc(S(=O)(=O)NC(C)(C)C)o1. The molecule has 2 N–H and O–H groups in total. The van der Waals surface area contributed by atoms with Crippen molar-refractivity contribution in [1.29, 1.82) is 0 Å². The number of hydrogen-bond acceptors (Lipinski definition) is 4. The highest BCUT2D eigenvalue weighted by atomic mass is 32.2. The fraction of sp³-hybridized carbons (Fsp3) is 0.600. The largest absolute Gasteiger partial charge is 0.447 e. The summed E-state index contributed by atoms with van der Waals surface area (Å²) < 4.78 is 31.4. The topological polar surface area (TPSA) is 71.3 Å². The van der Waals surface area contributed by atoms with E-state index in [1.165, 1.54) is 6.07 Å². The molecule has 0 saturated carbocycles. The lowest BCUT2D eigenvalue weighted by molar-refractivity contribution is 0.396. The minimum absolute atomic E-state index is 0.0484. The molecule has 0 atom stereocenters. The van der Waals surface area contributed by atoms with Crippen LogP contribution >= 0.6 is 0 Å². The summed E-state index contributed by atoms with van der Waals surface area (Å²) in [6, 6.07) is 3.11. The molecular weight excluding hydrogens is 228 g/mol. The Kier molecular flexibility index (Phi) is 3.77. The van der Waals surface area contributed by atoms with E-state index in [1.807, 2.05) is 0 Å². The summed E-state index contributed by atoms with van der Waals surface area (Å²) in [6.45, 7) is 5.84. The quantitative estimate of drug-likeness (QED) is 0.834. The number of furan rings is 1. The van der Waals surface area contributed by atoms with Gasteiger partial charge in [-0.15, -0.1) is 0 Å². The molecule has 1 heterocycles. The first-order valence-electron chi connectivity index (χ1n) is 5.02. The Morgan fingerprint density at radius 1 is 1.31 bits per heavy atom. The Labute approximate surface area is 96.3 Å². The predicted molar refractivity (Wildman–Crippen MR) is 61.5 cm³/mol. The average molecular weight is 246 g/mol. The fourth-order valence-corrected chi connectivity index (χ4v) is 2.60. The predicted octanol–water partition coefficient (Wildman–Crippen LogP) is 1.08. The highest BCUT2D eigenvalue weighted by Crippen LogP contribution is 2.16. The summed E-state index contributed by atoms with van der Waals surface area (Å²) in [4.78, 5) is 0. The third-order valence-corrected chi connectivity index (χ3v) is 3.32. The molecule has 16 heavy (non-hydrogen) atoms. The highest BCUT2D eigenvalue weighted by molar-refractivity contribution is 7.89. The van der Waals surface area contributed by atoms with Gasteiger partial charge in [0, 0.05) is 5.54 Å². The number of hydrogen-bond donors (Lipinski definition) is 2. The molecule has 5 nitrogen and oxygen atoms in total. The highest BCUT2D eigenvalue weighted by Gasteiger charge is 2.24. The smallest absolute Gasteiger partial charge is 0.274 e. The van der Waals surface area contributed by atoms with E-state index in [1.54, 1.807) is 33.9 Å². The van der Waals surface area contributed by atoms with E-state index < -0.39 is 15.6 Å². The molecule has 92 valence electrons. The molecular formula is C10H18N2O3S. The molecule has 0 spiro atoms. The van der Waals surface area contributed by atoms with Gasteiger partial charge in [0.15, 0.2) is 0 Å². The number of sulfonamides is 1. The van der Waals surface area contributed by atoms with Crippen molar-refractivity contribution in [3.63, 3.8) is 0 Å². The first-order valence-corrected chi connectivity index (χ1v) is 6.50. The van der Waals surface area contributed by atoms with Gasteiger partial charge in [-0.05, 0) is 40.0 Å². The van der Waals surface area contributed by atoms with Crippen LogP contribution in [0.3, 0.4) is 0 Å². The van der Waals surface area contributed by atoms with Crippen LogP contribution in [0.1, 0.15) is 26.5 Å². The van der Waals surface area contributed by atoms with Gasteiger partial charge in [-0.2, -0.15) is 0 Å². The molecule has 1 aromatic heterocycles. The summed E-state index contributed by atoms with van der Waals surface area (Å²) in [5.74, 6) is 0.594. The van der Waals surface area contributed by atoms with Crippen molar-refractivity contribution in [3.05, 3.63) is 17.9 Å². The van der Waals surface area contributed by atoms with E-state index in [-0.39, 0.29) is 5.09 Å². The van der Waals surface area contributed by atoms with Crippen molar-refractivity contribution in [2.45, 2.75) is 37.9 Å². The normalized spacial score (nSPS) is 13.0. The van der Waals surface area contributed by atoms with Crippen molar-refractivity contribution in [3.8, 4) is 0 Å². The molecule has 0 bridgehead atoms. The lowest BCUT2D eigenvalue weighted by Gasteiger charge is -2.18. The van der Waals surface area contributed by atoms with E-state index in [9.17, 15) is 8.42 Å². The Bertz CT molecular complexity index is 443. The monoisotopic (exact) mass is 246 g/mol. The van der Waals surface area contributed by atoms with Gasteiger partial charge in [0.1, 0.15) is 5.76 Å². The first kappa shape index (κ1) is 13.2. The summed E-state index contributed by atoms with van der Waals surface area (Å²) >= 11 is 0. The molecule has 0 aliphatic heterocycles. The summed E-state index contributed by atoms with van der Waals surface area (Å²) in [5, 5.41) is 2.84. The zero-order valence-electron chi connectivity index (χ0n) is 9.99. The Hall–Kier alpha value is -0.850. The maximum Gasteiger partial charge on any atom is 0.274 e. The Balaban J connectivity index is 2.90. The van der Waals surface area contributed by atoms with Crippen molar-refractivity contribution >= 4 is 10.0 Å². The van der Waals surface area contributed by atoms with Gasteiger partial charge in [-0.1, -0.05) is 0 Å². The van der Waals surface area contributed by atoms with Gasteiger partial charge in [0.05, 0.1) is 6.54 Å². The Morgan fingerprint density at radius 3 is 2.44 bits per heavy atom. The minimum atomic E-state index is -3.56. The molecule has 0 radical (unpaired) electrons. The lowest BCUT2D eigenvalue weighted by atomic mass is 10.1. The van der Waals surface area contributed by atoms with E-state index in [0.717, 1.165) is 0 Å². The molecule has 1 aromatic rings. The van der Waals surface area contributed by atoms with E-state index in [2.05, 4.69) is 10.0 Å². The van der Waals surface area contributed by atoms with Gasteiger partial charge in [0.2, 0.25) is 5.09 Å². The zero-order chi connectivity index (χ0) is 12.4. The van der Waals surface area contributed by atoms with E-state index in [0.29, 0.717) is 12.3 Å². The van der Waals surface area contributed by atoms with Crippen LogP contribution in [0.5, 0.6) is 0 Å². The molecule has 0 fully saturated rings. The molecule has 0 aromatic carbocycles. The standard InChI is InChI=1S/C10H18N2O3S/c1-10(2,3)12-16(13,14)9-6-5-8(15-9)7-11-4/h5-6,11-12H,7H2,1-4H3. The maximum atomic E-state index is 11.8. The van der Waals surface area contributed by atoms with Crippen LogP contribution < -0.4 is 10.0 Å². The van der Waals surface area contributed by atoms with Gasteiger partial charge in [-0.25, -0.2) is 13.1 Å². The Morgan fingerprint density at radius 2 is 1.94 bits per heavy atom. The van der Waals surface area contributed by atoms with Crippen molar-refractivity contribution < 1.29 is 12.8 Å². The second-order valence-corrected chi connectivity index (χ2v) is 6.22. The van der Waals surface area contributed by atoms with Crippen LogP contribution in [0.25, 0.3) is 0 Å². The van der Waals surface area contributed by atoms with Gasteiger partial charge in [-0.3, -0.25) is 0 Å². The molecule has 1 rings (SSSR count). The van der Waals surface area contributed by atoms with Gasteiger partial charge < -0.3 is 9.73 Å². The third kappa shape index (κ3) is 3.62. The second kappa shape index (κ2) is 4.57. The van der Waals surface area contributed by atoms with E-state index in [4.69, 9.17) is 4.42 Å². The molecule has 6 heteroatoms. The lowest BCUT2D eigenvalue weighted by Crippen LogP contribution is -2.40. The number of nitrogens with one attached hydrogen (secondary N) is 2. The van der Waals surface area contributed by atoms with Crippen LogP contribution in [0.4, 0.5) is 0 Å². The summed E-state index contributed by atoms with van der Waals surface area (Å²) in [5.41, 5.74) is -0.519. The van der Waals surface area contributed by atoms with E-state index >= 15 is 0 Å². The van der Waals surface area contributed by atoms with Gasteiger partial charge in [0.25, 0.3) is 10.0 Å². The fourth-order valence-electron chi connectivity index (χ4n) is 1.23. The van der Waals surface area contributed by atoms with Crippen LogP contribution in [-0.4, -0.2) is 21.0 Å². The molecule has 0 saturated heterocycles. The van der Waals surface area contributed by atoms with Crippen LogP contribution in [-0.2, 0) is 16.6 Å². The maximum absolute atomic E-state index is 11.8. The van der Waals surface area contributed by atoms with Crippen LogP contribution in [0.2, 0.25) is 0 Å². The number of rotatable bonds is 4. The minimum Gasteiger partial charge on any atom is -0.447 e. The second-order valence-electron chi connectivity index (χ2n) is 4.61. The van der Waals surface area contributed by atoms with Crippen molar-refractivity contribution in [2.24, 2.45) is 0 Å². The first-order chi connectivity index (χ1) is 7.24. The average Bonchev–Trinajstić information content (AvgIpc) is 2.49. The third-order valence-electron chi connectivity index (χ3n) is 1.69. The summed E-state index contributed by atoms with van der Waals surface area (Å²) in [7, 11) is -1.79.